The smallest absolute Gasteiger partial charge is 0.0487 e. The Labute approximate surface area is 124 Å². The van der Waals surface area contributed by atoms with Crippen molar-refractivity contribution >= 4 is 0 Å². The van der Waals surface area contributed by atoms with Crippen LogP contribution >= 0.6 is 0 Å². The number of hydrogen-bond donors (Lipinski definition) is 1. The Morgan fingerprint density at radius 1 is 0.900 bits per heavy atom. The number of unbranched alkanes of at least 4 members (excludes halogenated alkanes) is 2. The van der Waals surface area contributed by atoms with Crippen molar-refractivity contribution in [3.63, 3.8) is 0 Å². The molecule has 2 nitrogen and oxygen atoms in total. The molecule has 0 aliphatic heterocycles. The van der Waals surface area contributed by atoms with Gasteiger partial charge in [0, 0.05) is 19.8 Å². The van der Waals surface area contributed by atoms with Gasteiger partial charge in [-0.3, -0.25) is 0 Å². The van der Waals surface area contributed by atoms with Crippen molar-refractivity contribution in [2.24, 2.45) is 5.92 Å². The van der Waals surface area contributed by atoms with Crippen molar-refractivity contribution in [1.29, 1.82) is 0 Å². The fraction of sp³-hybridized carbons (Fsp3) is 0.667. The highest BCUT2D eigenvalue weighted by atomic mass is 16.5. The van der Waals surface area contributed by atoms with Crippen LogP contribution in [0, 0.1) is 5.92 Å². The molecule has 1 aromatic rings. The van der Waals surface area contributed by atoms with Crippen LogP contribution in [0.2, 0.25) is 0 Å². The third-order valence-electron chi connectivity index (χ3n) is 3.37. The zero-order valence-corrected chi connectivity index (χ0v) is 13.1. The average Bonchev–Trinajstić information content (AvgIpc) is 2.43. The van der Waals surface area contributed by atoms with E-state index in [2.05, 4.69) is 38.1 Å². The summed E-state index contributed by atoms with van der Waals surface area (Å²) in [6.07, 6.45) is 6.66. The van der Waals surface area contributed by atoms with Gasteiger partial charge in [-0.1, -0.05) is 44.5 Å². The van der Waals surface area contributed by atoms with E-state index in [0.29, 0.717) is 6.61 Å². The van der Waals surface area contributed by atoms with Crippen molar-refractivity contribution in [2.45, 2.75) is 52.4 Å². The Morgan fingerprint density at radius 2 is 1.55 bits per heavy atom. The van der Waals surface area contributed by atoms with Crippen molar-refractivity contribution in [3.8, 4) is 0 Å². The highest BCUT2D eigenvalue weighted by Crippen LogP contribution is 2.12. The Kier molecular flexibility index (Phi) is 9.35. The lowest BCUT2D eigenvalue weighted by Crippen LogP contribution is -1.99. The van der Waals surface area contributed by atoms with Gasteiger partial charge in [-0.05, 0) is 49.1 Å². The summed E-state index contributed by atoms with van der Waals surface area (Å²) in [6.45, 7) is 6.26. The van der Waals surface area contributed by atoms with Crippen LogP contribution in [0.5, 0.6) is 0 Å². The zero-order chi connectivity index (χ0) is 14.6. The maximum atomic E-state index is 8.62. The maximum Gasteiger partial charge on any atom is 0.0487 e. The van der Waals surface area contributed by atoms with E-state index in [-0.39, 0.29) is 6.61 Å². The molecule has 0 aliphatic rings. The van der Waals surface area contributed by atoms with E-state index in [4.69, 9.17) is 9.84 Å². The summed E-state index contributed by atoms with van der Waals surface area (Å²) < 4.78 is 5.42. The van der Waals surface area contributed by atoms with E-state index < -0.39 is 0 Å². The van der Waals surface area contributed by atoms with Crippen molar-refractivity contribution in [1.82, 2.24) is 0 Å². The number of aliphatic hydroxyl groups is 1. The summed E-state index contributed by atoms with van der Waals surface area (Å²) in [4.78, 5) is 0. The molecule has 1 aromatic carbocycles. The minimum absolute atomic E-state index is 0.229. The van der Waals surface area contributed by atoms with E-state index in [1.807, 2.05) is 0 Å². The fourth-order valence-electron chi connectivity index (χ4n) is 2.29. The molecule has 2 heteroatoms. The molecule has 20 heavy (non-hydrogen) atoms. The van der Waals surface area contributed by atoms with Crippen molar-refractivity contribution < 1.29 is 9.84 Å². The molecule has 0 spiro atoms. The van der Waals surface area contributed by atoms with Crippen LogP contribution in [0.3, 0.4) is 0 Å². The van der Waals surface area contributed by atoms with Gasteiger partial charge in [0.05, 0.1) is 0 Å². The van der Waals surface area contributed by atoms with Crippen molar-refractivity contribution in [3.05, 3.63) is 35.4 Å². The summed E-state index contributed by atoms with van der Waals surface area (Å²) >= 11 is 0. The SMILES string of the molecule is CC(C)Cc1ccc(CCCCCOCCCO)cc1. The lowest BCUT2D eigenvalue weighted by Gasteiger charge is -2.07. The van der Waals surface area contributed by atoms with Crippen LogP contribution in [0.25, 0.3) is 0 Å². The Bertz CT molecular complexity index is 330. The number of aryl methyl sites for hydroxylation is 1. The van der Waals surface area contributed by atoms with Crippen molar-refractivity contribution in [2.75, 3.05) is 19.8 Å². The third kappa shape index (κ3) is 8.34. The van der Waals surface area contributed by atoms with E-state index >= 15 is 0 Å². The molecule has 114 valence electrons. The molecule has 0 saturated heterocycles. The predicted octanol–water partition coefficient (Wildman–Crippen LogP) is 4.00. The topological polar surface area (TPSA) is 29.5 Å². The van der Waals surface area contributed by atoms with Crippen LogP contribution in [0.1, 0.15) is 50.7 Å². The van der Waals surface area contributed by atoms with E-state index in [1.165, 1.54) is 36.8 Å². The highest BCUT2D eigenvalue weighted by molar-refractivity contribution is 5.22. The molecule has 0 saturated carbocycles. The molecule has 0 aromatic heterocycles. The molecular formula is C18H30O2. The first-order valence-corrected chi connectivity index (χ1v) is 7.99. The second-order valence-corrected chi connectivity index (χ2v) is 5.91. The lowest BCUT2D eigenvalue weighted by molar-refractivity contribution is 0.112. The second-order valence-electron chi connectivity index (χ2n) is 5.91. The molecule has 1 rings (SSSR count). The molecule has 0 amide bonds. The van der Waals surface area contributed by atoms with Gasteiger partial charge >= 0.3 is 0 Å². The van der Waals surface area contributed by atoms with Crippen LogP contribution < -0.4 is 0 Å². The molecule has 0 radical (unpaired) electrons. The van der Waals surface area contributed by atoms with Gasteiger partial charge in [0.2, 0.25) is 0 Å². The number of rotatable bonds is 11. The maximum absolute atomic E-state index is 8.62. The van der Waals surface area contributed by atoms with Crippen LogP contribution in [-0.4, -0.2) is 24.9 Å². The van der Waals surface area contributed by atoms with Crippen LogP contribution in [-0.2, 0) is 17.6 Å². The first-order chi connectivity index (χ1) is 9.72. The molecule has 0 fully saturated rings. The monoisotopic (exact) mass is 278 g/mol. The predicted molar refractivity (Wildman–Crippen MR) is 85.1 cm³/mol. The molecule has 0 atom stereocenters. The zero-order valence-electron chi connectivity index (χ0n) is 13.1. The van der Waals surface area contributed by atoms with Gasteiger partial charge in [0.25, 0.3) is 0 Å². The highest BCUT2D eigenvalue weighted by Gasteiger charge is 1.99. The largest absolute Gasteiger partial charge is 0.396 e. The molecule has 0 bridgehead atoms. The number of aliphatic hydroxyl groups excluding tert-OH is 1. The van der Waals surface area contributed by atoms with Crippen LogP contribution in [0.4, 0.5) is 0 Å². The summed E-state index contributed by atoms with van der Waals surface area (Å²) in [5.74, 6) is 0.728. The molecule has 0 heterocycles. The van der Waals surface area contributed by atoms with Gasteiger partial charge in [-0.15, -0.1) is 0 Å². The Balaban J connectivity index is 2.07. The Morgan fingerprint density at radius 3 is 2.20 bits per heavy atom. The minimum Gasteiger partial charge on any atom is -0.396 e. The normalized spacial score (nSPS) is 11.2. The van der Waals surface area contributed by atoms with Crippen LogP contribution in [0.15, 0.2) is 24.3 Å². The van der Waals surface area contributed by atoms with E-state index in [1.54, 1.807) is 0 Å². The standard InChI is InChI=1S/C18H30O2/c1-16(2)15-18-10-8-17(9-11-18)7-4-3-5-13-20-14-6-12-19/h8-11,16,19H,3-7,12-15H2,1-2H3. The van der Waals surface area contributed by atoms with Gasteiger partial charge in [0.15, 0.2) is 0 Å². The van der Waals surface area contributed by atoms with E-state index in [0.717, 1.165) is 25.4 Å². The fourth-order valence-corrected chi connectivity index (χ4v) is 2.29. The molecule has 0 aliphatic carbocycles. The summed E-state index contributed by atoms with van der Waals surface area (Å²) in [5.41, 5.74) is 2.89. The molecule has 0 unspecified atom stereocenters. The third-order valence-corrected chi connectivity index (χ3v) is 3.37. The average molecular weight is 278 g/mol. The second kappa shape index (κ2) is 10.9. The summed E-state index contributed by atoms with van der Waals surface area (Å²) in [7, 11) is 0. The minimum atomic E-state index is 0.229. The quantitative estimate of drug-likeness (QED) is 0.620. The summed E-state index contributed by atoms with van der Waals surface area (Å²) in [5, 5.41) is 8.62. The van der Waals surface area contributed by atoms with E-state index in [9.17, 15) is 0 Å². The first-order valence-electron chi connectivity index (χ1n) is 7.99. The van der Waals surface area contributed by atoms with Gasteiger partial charge < -0.3 is 9.84 Å². The number of hydrogen-bond acceptors (Lipinski definition) is 2. The van der Waals surface area contributed by atoms with Gasteiger partial charge in [-0.2, -0.15) is 0 Å². The Hall–Kier alpha value is -0.860. The number of benzene rings is 1. The van der Waals surface area contributed by atoms with Gasteiger partial charge in [-0.25, -0.2) is 0 Å². The molecule has 1 N–H and O–H groups in total. The summed E-state index contributed by atoms with van der Waals surface area (Å²) in [6, 6.07) is 9.09. The first kappa shape index (κ1) is 17.2. The lowest BCUT2D eigenvalue weighted by atomic mass is 10.00. The van der Waals surface area contributed by atoms with Gasteiger partial charge in [0.1, 0.15) is 0 Å². The molecular weight excluding hydrogens is 248 g/mol. The number of ether oxygens (including phenoxy) is 1.